The molecule has 0 aromatic heterocycles. The first-order chi connectivity index (χ1) is 18.6. The lowest BCUT2D eigenvalue weighted by atomic mass is 10.0. The summed E-state index contributed by atoms with van der Waals surface area (Å²) in [5.41, 5.74) is 2.33. The number of nitrogens with one attached hydrogen (secondary N) is 2. The molecule has 0 aliphatic carbocycles. The number of urea groups is 1. The number of ether oxygens (including phenoxy) is 2. The number of carbonyl (C=O) groups excluding carboxylic acids is 4. The van der Waals surface area contributed by atoms with Crippen molar-refractivity contribution in [2.24, 2.45) is 0 Å². The Morgan fingerprint density at radius 1 is 1.08 bits per heavy atom. The highest BCUT2D eigenvalue weighted by Gasteiger charge is 2.37. The maximum atomic E-state index is 13.8. The van der Waals surface area contributed by atoms with Crippen LogP contribution in [0.3, 0.4) is 0 Å². The first-order valence-corrected chi connectivity index (χ1v) is 12.4. The van der Waals surface area contributed by atoms with Crippen LogP contribution in [-0.2, 0) is 14.4 Å². The monoisotopic (exact) mass is 595 g/mol. The lowest BCUT2D eigenvalue weighted by Gasteiger charge is -2.27. The Hall–Kier alpha value is -4.51. The van der Waals surface area contributed by atoms with Gasteiger partial charge in [0.05, 0.1) is 23.0 Å². The molecule has 3 aromatic rings. The van der Waals surface area contributed by atoms with Crippen molar-refractivity contribution < 1.29 is 33.0 Å². The minimum Gasteiger partial charge on any atom is -0.493 e. The normalized spacial score (nSPS) is 14.3. The molecule has 0 bridgehead atoms. The number of nitrogens with zero attached hydrogens (tertiary/aromatic N) is 1. The molecular weight excluding hydrogens is 573 g/mol. The van der Waals surface area contributed by atoms with Crippen molar-refractivity contribution in [3.63, 3.8) is 0 Å². The van der Waals surface area contributed by atoms with E-state index in [0.717, 1.165) is 16.0 Å². The van der Waals surface area contributed by atoms with E-state index >= 15 is 0 Å². The first kappa shape index (κ1) is 27.5. The number of methoxy groups -OCH3 is 1. The second-order valence-electron chi connectivity index (χ2n) is 8.58. The number of halogens is 2. The van der Waals surface area contributed by atoms with Crippen LogP contribution in [0.4, 0.5) is 20.6 Å². The third kappa shape index (κ3) is 5.99. The zero-order chi connectivity index (χ0) is 28.3. The molecule has 0 saturated carbocycles. The van der Waals surface area contributed by atoms with Gasteiger partial charge in [-0.1, -0.05) is 18.2 Å². The molecule has 0 spiro atoms. The number of carbonyl (C=O) groups is 4. The molecule has 1 heterocycles. The van der Waals surface area contributed by atoms with Gasteiger partial charge in [0.2, 0.25) is 0 Å². The second-order valence-corrected chi connectivity index (χ2v) is 9.43. The number of hydrogen-bond acceptors (Lipinski definition) is 6. The Bertz CT molecular complexity index is 1540. The molecule has 4 rings (SSSR count). The molecule has 39 heavy (non-hydrogen) atoms. The fourth-order valence-electron chi connectivity index (χ4n) is 3.77. The van der Waals surface area contributed by atoms with Gasteiger partial charge in [-0.2, -0.15) is 0 Å². The number of barbiturate groups is 1. The van der Waals surface area contributed by atoms with Gasteiger partial charge in [0.25, 0.3) is 17.7 Å². The summed E-state index contributed by atoms with van der Waals surface area (Å²) in [6.07, 6.45) is 1.32. The highest BCUT2D eigenvalue weighted by atomic mass is 79.9. The molecule has 1 fully saturated rings. The quantitative estimate of drug-likeness (QED) is 0.297. The standard InChI is InChI=1S/C28H23BrFN3O6/c1-15-8-9-18(10-16(15)2)33-27(36)19(26(35)32-28(33)37)11-17-12-20(29)25(23(13-17)38-3)39-14-24(34)31-22-7-5-4-6-21(22)30/h4-13H,14H2,1-3H3,(H,31,34)(H,32,35,37)/b19-11-. The Labute approximate surface area is 231 Å². The molecule has 1 aliphatic heterocycles. The summed E-state index contributed by atoms with van der Waals surface area (Å²) in [5.74, 6) is -2.44. The van der Waals surface area contributed by atoms with Gasteiger partial charge >= 0.3 is 6.03 Å². The van der Waals surface area contributed by atoms with Crippen LogP contribution in [0.5, 0.6) is 11.5 Å². The van der Waals surface area contributed by atoms with Crippen LogP contribution >= 0.6 is 15.9 Å². The van der Waals surface area contributed by atoms with Crippen LogP contribution in [-0.4, -0.2) is 37.5 Å². The summed E-state index contributed by atoms with van der Waals surface area (Å²) in [5, 5.41) is 4.62. The lowest BCUT2D eigenvalue weighted by Crippen LogP contribution is -2.54. The number of benzene rings is 3. The van der Waals surface area contributed by atoms with Crippen molar-refractivity contribution in [1.29, 1.82) is 0 Å². The molecule has 200 valence electrons. The molecule has 0 atom stereocenters. The van der Waals surface area contributed by atoms with Gasteiger partial charge in [-0.25, -0.2) is 14.1 Å². The summed E-state index contributed by atoms with van der Waals surface area (Å²) >= 11 is 3.36. The van der Waals surface area contributed by atoms with Gasteiger partial charge in [0.1, 0.15) is 11.4 Å². The number of imide groups is 2. The SMILES string of the molecule is COc1cc(/C=C2/C(=O)NC(=O)N(c3ccc(C)c(C)c3)C2=O)cc(Br)c1OCC(=O)Nc1ccccc1F. The van der Waals surface area contributed by atoms with Crippen LogP contribution in [0.15, 0.2) is 64.6 Å². The fourth-order valence-corrected chi connectivity index (χ4v) is 4.35. The molecule has 1 aliphatic rings. The summed E-state index contributed by atoms with van der Waals surface area (Å²) in [4.78, 5) is 51.5. The third-order valence-corrected chi connectivity index (χ3v) is 6.50. The zero-order valence-electron chi connectivity index (χ0n) is 21.1. The number of amides is 5. The van der Waals surface area contributed by atoms with E-state index in [1.165, 1.54) is 37.5 Å². The molecular formula is C28H23BrFN3O6. The van der Waals surface area contributed by atoms with Crippen LogP contribution in [0, 0.1) is 19.7 Å². The maximum Gasteiger partial charge on any atom is 0.335 e. The first-order valence-electron chi connectivity index (χ1n) is 11.6. The molecule has 2 N–H and O–H groups in total. The van der Waals surface area contributed by atoms with E-state index in [1.54, 1.807) is 30.3 Å². The predicted octanol–water partition coefficient (Wildman–Crippen LogP) is 4.90. The number of anilines is 2. The average Bonchev–Trinajstić information content (AvgIpc) is 2.89. The maximum absolute atomic E-state index is 13.8. The van der Waals surface area contributed by atoms with Crippen molar-refractivity contribution in [3.8, 4) is 11.5 Å². The summed E-state index contributed by atoms with van der Waals surface area (Å²) < 4.78 is 25.1. The molecule has 0 unspecified atom stereocenters. The molecule has 5 amide bonds. The smallest absolute Gasteiger partial charge is 0.335 e. The van der Waals surface area contributed by atoms with E-state index in [9.17, 15) is 23.6 Å². The Balaban J connectivity index is 1.57. The van der Waals surface area contributed by atoms with E-state index in [0.29, 0.717) is 15.7 Å². The molecule has 0 radical (unpaired) electrons. The largest absolute Gasteiger partial charge is 0.493 e. The number of hydrogen-bond donors (Lipinski definition) is 2. The van der Waals surface area contributed by atoms with Gasteiger partial charge < -0.3 is 14.8 Å². The van der Waals surface area contributed by atoms with Crippen molar-refractivity contribution >= 4 is 57.1 Å². The Morgan fingerprint density at radius 3 is 2.51 bits per heavy atom. The highest BCUT2D eigenvalue weighted by molar-refractivity contribution is 9.10. The van der Waals surface area contributed by atoms with Crippen LogP contribution in [0.25, 0.3) is 6.08 Å². The van der Waals surface area contributed by atoms with E-state index in [-0.39, 0.29) is 22.8 Å². The van der Waals surface area contributed by atoms with Crippen molar-refractivity contribution in [2.45, 2.75) is 13.8 Å². The second kappa shape index (κ2) is 11.5. The van der Waals surface area contributed by atoms with Crippen LogP contribution in [0.1, 0.15) is 16.7 Å². The predicted molar refractivity (Wildman–Crippen MR) is 146 cm³/mol. The Morgan fingerprint density at radius 2 is 1.82 bits per heavy atom. The van der Waals surface area contributed by atoms with Gasteiger partial charge in [-0.05, 0) is 88.9 Å². The summed E-state index contributed by atoms with van der Waals surface area (Å²) in [7, 11) is 1.38. The summed E-state index contributed by atoms with van der Waals surface area (Å²) in [6, 6.07) is 13.0. The minimum absolute atomic E-state index is 0.0165. The topological polar surface area (TPSA) is 114 Å². The van der Waals surface area contributed by atoms with Crippen molar-refractivity contribution in [1.82, 2.24) is 5.32 Å². The molecule has 11 heteroatoms. The van der Waals surface area contributed by atoms with Gasteiger partial charge in [-0.3, -0.25) is 19.7 Å². The molecule has 3 aromatic carbocycles. The van der Waals surface area contributed by atoms with E-state index in [2.05, 4.69) is 26.6 Å². The van der Waals surface area contributed by atoms with Gasteiger partial charge in [-0.15, -0.1) is 0 Å². The summed E-state index contributed by atoms with van der Waals surface area (Å²) in [6.45, 7) is 3.31. The van der Waals surface area contributed by atoms with E-state index < -0.39 is 36.2 Å². The van der Waals surface area contributed by atoms with Crippen molar-refractivity contribution in [3.05, 3.63) is 87.2 Å². The zero-order valence-corrected chi connectivity index (χ0v) is 22.7. The fraction of sp³-hybridized carbons (Fsp3) is 0.143. The Kier molecular flexibility index (Phi) is 8.10. The minimum atomic E-state index is -0.846. The molecule has 1 saturated heterocycles. The van der Waals surface area contributed by atoms with Crippen molar-refractivity contribution in [2.75, 3.05) is 23.9 Å². The van der Waals surface area contributed by atoms with E-state index in [4.69, 9.17) is 9.47 Å². The van der Waals surface area contributed by atoms with Gasteiger partial charge in [0, 0.05) is 0 Å². The number of rotatable bonds is 7. The highest BCUT2D eigenvalue weighted by Crippen LogP contribution is 2.37. The lowest BCUT2D eigenvalue weighted by molar-refractivity contribution is -0.122. The van der Waals surface area contributed by atoms with Gasteiger partial charge in [0.15, 0.2) is 18.1 Å². The van der Waals surface area contributed by atoms with E-state index in [1.807, 2.05) is 13.8 Å². The average molecular weight is 596 g/mol. The third-order valence-electron chi connectivity index (χ3n) is 5.91. The molecule has 9 nitrogen and oxygen atoms in total. The number of para-hydroxylation sites is 1. The van der Waals surface area contributed by atoms with Crippen LogP contribution in [0.2, 0.25) is 0 Å². The number of aryl methyl sites for hydroxylation is 2. The van der Waals surface area contributed by atoms with Crippen LogP contribution < -0.4 is 25.0 Å².